The van der Waals surface area contributed by atoms with Crippen molar-refractivity contribution in [3.05, 3.63) is 29.3 Å². The van der Waals surface area contributed by atoms with E-state index in [1.807, 2.05) is 25.1 Å². The van der Waals surface area contributed by atoms with Crippen molar-refractivity contribution < 1.29 is 14.6 Å². The van der Waals surface area contributed by atoms with E-state index in [-0.39, 0.29) is 12.3 Å². The van der Waals surface area contributed by atoms with Gasteiger partial charge in [-0.15, -0.1) is 0 Å². The van der Waals surface area contributed by atoms with E-state index in [0.29, 0.717) is 0 Å². The van der Waals surface area contributed by atoms with Crippen LogP contribution in [0.1, 0.15) is 43.2 Å². The summed E-state index contributed by atoms with van der Waals surface area (Å²) in [5.74, 6) is 0.207. The normalized spacial score (nSPS) is 12.2. The number of methoxy groups -OCH3 is 1. The summed E-state index contributed by atoms with van der Waals surface area (Å²) in [6.45, 7) is 4.05. The highest BCUT2D eigenvalue weighted by Crippen LogP contribution is 2.28. The van der Waals surface area contributed by atoms with Crippen molar-refractivity contribution in [1.82, 2.24) is 0 Å². The number of ether oxygens (including phenoxy) is 1. The van der Waals surface area contributed by atoms with Crippen molar-refractivity contribution in [1.29, 1.82) is 0 Å². The lowest BCUT2D eigenvalue weighted by molar-refractivity contribution is -0.137. The van der Waals surface area contributed by atoms with Crippen molar-refractivity contribution in [3.63, 3.8) is 0 Å². The fourth-order valence-electron chi connectivity index (χ4n) is 2.10. The van der Waals surface area contributed by atoms with Crippen LogP contribution in [-0.4, -0.2) is 18.2 Å². The van der Waals surface area contributed by atoms with E-state index in [4.69, 9.17) is 9.84 Å². The highest BCUT2D eigenvalue weighted by atomic mass is 16.5. The maximum Gasteiger partial charge on any atom is 0.303 e. The minimum atomic E-state index is -0.739. The van der Waals surface area contributed by atoms with E-state index < -0.39 is 5.97 Å². The number of hydrogen-bond donors (Lipinski definition) is 1. The molecule has 1 rings (SSSR count). The first-order valence-corrected chi connectivity index (χ1v) is 5.94. The molecule has 1 atom stereocenters. The summed E-state index contributed by atoms with van der Waals surface area (Å²) in [6, 6.07) is 5.91. The van der Waals surface area contributed by atoms with Gasteiger partial charge in [0, 0.05) is 0 Å². The lowest BCUT2D eigenvalue weighted by atomic mass is 9.90. The number of carboxylic acids is 1. The van der Waals surface area contributed by atoms with Crippen LogP contribution < -0.4 is 4.74 Å². The molecule has 0 saturated carbocycles. The van der Waals surface area contributed by atoms with Crippen molar-refractivity contribution in [2.45, 2.75) is 39.0 Å². The lowest BCUT2D eigenvalue weighted by Gasteiger charge is -2.16. The molecular weight excluding hydrogens is 216 g/mol. The zero-order valence-corrected chi connectivity index (χ0v) is 10.7. The van der Waals surface area contributed by atoms with E-state index in [1.165, 1.54) is 0 Å². The summed E-state index contributed by atoms with van der Waals surface area (Å²) in [5, 5.41) is 8.92. The van der Waals surface area contributed by atoms with Gasteiger partial charge in [0.25, 0.3) is 0 Å². The van der Waals surface area contributed by atoms with Crippen LogP contribution in [0, 0.1) is 6.92 Å². The molecule has 0 aromatic heterocycles. The third-order valence-corrected chi connectivity index (χ3v) is 2.95. The maximum atomic E-state index is 10.8. The zero-order valence-electron chi connectivity index (χ0n) is 10.7. The van der Waals surface area contributed by atoms with Gasteiger partial charge in [-0.3, -0.25) is 4.79 Å². The minimum Gasteiger partial charge on any atom is -0.496 e. The van der Waals surface area contributed by atoms with Crippen LogP contribution in [0.2, 0.25) is 0 Å². The van der Waals surface area contributed by atoms with Crippen molar-refractivity contribution in [2.24, 2.45) is 0 Å². The molecule has 0 spiro atoms. The third kappa shape index (κ3) is 3.77. The van der Waals surface area contributed by atoms with Gasteiger partial charge in [-0.05, 0) is 36.5 Å². The third-order valence-electron chi connectivity index (χ3n) is 2.95. The summed E-state index contributed by atoms with van der Waals surface area (Å²) in [4.78, 5) is 10.8. The molecule has 17 heavy (non-hydrogen) atoms. The zero-order chi connectivity index (χ0) is 12.8. The molecule has 0 saturated heterocycles. The molecule has 1 aromatic rings. The fraction of sp³-hybridized carbons (Fsp3) is 0.500. The molecule has 0 bridgehead atoms. The highest BCUT2D eigenvalue weighted by Gasteiger charge is 2.15. The van der Waals surface area contributed by atoms with Gasteiger partial charge in [-0.2, -0.15) is 0 Å². The molecular formula is C14H20O3. The molecule has 3 nitrogen and oxygen atoms in total. The van der Waals surface area contributed by atoms with Crippen molar-refractivity contribution in [3.8, 4) is 5.75 Å². The molecule has 0 aliphatic heterocycles. The summed E-state index contributed by atoms with van der Waals surface area (Å²) in [7, 11) is 1.64. The van der Waals surface area contributed by atoms with E-state index in [2.05, 4.69) is 6.92 Å². The second-order valence-corrected chi connectivity index (χ2v) is 4.31. The summed E-state index contributed by atoms with van der Waals surface area (Å²) in [6.07, 6.45) is 2.08. The van der Waals surface area contributed by atoms with E-state index >= 15 is 0 Å². The Bertz CT molecular complexity index is 385. The van der Waals surface area contributed by atoms with Crippen LogP contribution in [-0.2, 0) is 4.79 Å². The largest absolute Gasteiger partial charge is 0.496 e. The van der Waals surface area contributed by atoms with Crippen LogP contribution in [0.5, 0.6) is 5.75 Å². The smallest absolute Gasteiger partial charge is 0.303 e. The van der Waals surface area contributed by atoms with E-state index in [1.54, 1.807) is 7.11 Å². The Morgan fingerprint density at radius 1 is 1.47 bits per heavy atom. The summed E-state index contributed by atoms with van der Waals surface area (Å²) < 4.78 is 5.20. The predicted molar refractivity (Wildman–Crippen MR) is 67.6 cm³/mol. The van der Waals surface area contributed by atoms with Gasteiger partial charge in [-0.1, -0.05) is 25.5 Å². The minimum absolute atomic E-state index is 0.0992. The molecule has 3 heteroatoms. The van der Waals surface area contributed by atoms with Gasteiger partial charge < -0.3 is 9.84 Å². The molecule has 0 fully saturated rings. The first-order chi connectivity index (χ1) is 8.08. The SMILES string of the molecule is CCCC(CC(=O)O)c1ccc(OC)c(C)c1. The van der Waals surface area contributed by atoms with Crippen LogP contribution in [0.4, 0.5) is 0 Å². The lowest BCUT2D eigenvalue weighted by Crippen LogP contribution is -2.06. The Kier molecular flexibility index (Phi) is 5.01. The molecule has 0 amide bonds. The van der Waals surface area contributed by atoms with Gasteiger partial charge in [0.2, 0.25) is 0 Å². The van der Waals surface area contributed by atoms with Crippen LogP contribution in [0.25, 0.3) is 0 Å². The number of aliphatic carboxylic acids is 1. The second kappa shape index (κ2) is 6.28. The van der Waals surface area contributed by atoms with Gasteiger partial charge in [0.05, 0.1) is 13.5 Å². The number of hydrogen-bond acceptors (Lipinski definition) is 2. The molecule has 1 aromatic carbocycles. The maximum absolute atomic E-state index is 10.8. The highest BCUT2D eigenvalue weighted by molar-refractivity contribution is 5.68. The molecule has 0 heterocycles. The van der Waals surface area contributed by atoms with E-state index in [0.717, 1.165) is 29.7 Å². The molecule has 0 radical (unpaired) electrons. The molecule has 94 valence electrons. The average Bonchev–Trinajstić information content (AvgIpc) is 2.28. The van der Waals surface area contributed by atoms with Gasteiger partial charge in [0.15, 0.2) is 0 Å². The van der Waals surface area contributed by atoms with Crippen molar-refractivity contribution in [2.75, 3.05) is 7.11 Å². The van der Waals surface area contributed by atoms with Crippen LogP contribution in [0.3, 0.4) is 0 Å². The average molecular weight is 236 g/mol. The number of benzene rings is 1. The number of carbonyl (C=O) groups is 1. The predicted octanol–water partition coefficient (Wildman–Crippen LogP) is 3.36. The Hall–Kier alpha value is -1.51. The van der Waals surface area contributed by atoms with Gasteiger partial charge in [0.1, 0.15) is 5.75 Å². The molecule has 1 N–H and O–H groups in total. The second-order valence-electron chi connectivity index (χ2n) is 4.31. The Morgan fingerprint density at radius 2 is 2.18 bits per heavy atom. The molecule has 0 aliphatic rings. The number of carboxylic acid groups (broad SMARTS) is 1. The Labute approximate surface area is 102 Å². The van der Waals surface area contributed by atoms with Crippen LogP contribution >= 0.6 is 0 Å². The monoisotopic (exact) mass is 236 g/mol. The van der Waals surface area contributed by atoms with Gasteiger partial charge in [-0.25, -0.2) is 0 Å². The molecule has 1 unspecified atom stereocenters. The standard InChI is InChI=1S/C14H20O3/c1-4-5-11(9-14(15)16)12-6-7-13(17-3)10(2)8-12/h6-8,11H,4-5,9H2,1-3H3,(H,15,16). The fourth-order valence-corrected chi connectivity index (χ4v) is 2.10. The topological polar surface area (TPSA) is 46.5 Å². The first-order valence-electron chi connectivity index (χ1n) is 5.94. The van der Waals surface area contributed by atoms with Crippen LogP contribution in [0.15, 0.2) is 18.2 Å². The summed E-state index contributed by atoms with van der Waals surface area (Å²) in [5.41, 5.74) is 2.14. The quantitative estimate of drug-likeness (QED) is 0.823. The Balaban J connectivity index is 2.93. The van der Waals surface area contributed by atoms with Crippen molar-refractivity contribution >= 4 is 5.97 Å². The summed E-state index contributed by atoms with van der Waals surface area (Å²) >= 11 is 0. The van der Waals surface area contributed by atoms with Gasteiger partial charge >= 0.3 is 5.97 Å². The molecule has 0 aliphatic carbocycles. The number of aryl methyl sites for hydroxylation is 1. The number of rotatable bonds is 6. The Morgan fingerprint density at radius 3 is 2.65 bits per heavy atom. The first kappa shape index (κ1) is 13.6. The van der Waals surface area contributed by atoms with E-state index in [9.17, 15) is 4.79 Å².